The van der Waals surface area contributed by atoms with E-state index in [1.54, 1.807) is 0 Å². The number of benzene rings is 7. The van der Waals surface area contributed by atoms with E-state index < -0.39 is 0 Å². The van der Waals surface area contributed by atoms with Crippen molar-refractivity contribution in [2.45, 2.75) is 38.5 Å². The molecule has 0 saturated carbocycles. The number of anilines is 6. The third-order valence-corrected chi connectivity index (χ3v) is 11.4. The first-order chi connectivity index (χ1) is 24.9. The lowest BCUT2D eigenvalue weighted by molar-refractivity contribution is 0.637. The van der Waals surface area contributed by atoms with Crippen LogP contribution < -0.4 is 26.2 Å². The zero-order chi connectivity index (χ0) is 34.7. The van der Waals surface area contributed by atoms with Crippen LogP contribution >= 0.6 is 0 Å². The summed E-state index contributed by atoms with van der Waals surface area (Å²) >= 11 is 0. The van der Waals surface area contributed by atoms with Crippen molar-refractivity contribution in [2.24, 2.45) is 0 Å². The summed E-state index contributed by atoms with van der Waals surface area (Å²) in [5.41, 5.74) is 16.0. The molecule has 2 nitrogen and oxygen atoms in total. The maximum atomic E-state index is 2.61. The Kier molecular flexibility index (Phi) is 7.29. The molecule has 7 aromatic carbocycles. The highest BCUT2D eigenvalue weighted by Gasteiger charge is 2.46. The van der Waals surface area contributed by atoms with Crippen molar-refractivity contribution in [2.75, 3.05) is 9.80 Å². The van der Waals surface area contributed by atoms with Crippen molar-refractivity contribution in [1.29, 1.82) is 0 Å². The summed E-state index contributed by atoms with van der Waals surface area (Å²) in [6.07, 6.45) is 0. The average molecular weight is 657 g/mol. The number of rotatable bonds is 6. The van der Waals surface area contributed by atoms with E-state index in [1.165, 1.54) is 67.1 Å². The molecule has 0 unspecified atom stereocenters. The molecule has 2 aliphatic rings. The predicted octanol–water partition coefficient (Wildman–Crippen LogP) is 10.4. The third kappa shape index (κ3) is 4.79. The van der Waals surface area contributed by atoms with E-state index >= 15 is 0 Å². The van der Waals surface area contributed by atoms with Crippen LogP contribution in [-0.4, -0.2) is 6.71 Å². The maximum absolute atomic E-state index is 2.61. The summed E-state index contributed by atoms with van der Waals surface area (Å²) in [6.45, 7) is 9.57. The normalized spacial score (nSPS) is 13.4. The van der Waals surface area contributed by atoms with Crippen LogP contribution in [0.15, 0.2) is 176 Å². The summed E-state index contributed by atoms with van der Waals surface area (Å²) < 4.78 is 0. The van der Waals surface area contributed by atoms with E-state index in [0.29, 0.717) is 0 Å². The second-order valence-electron chi connectivity index (χ2n) is 15.0. The van der Waals surface area contributed by atoms with E-state index in [2.05, 4.69) is 213 Å². The van der Waals surface area contributed by atoms with Crippen molar-refractivity contribution < 1.29 is 0 Å². The second-order valence-corrected chi connectivity index (χ2v) is 15.0. The lowest BCUT2D eigenvalue weighted by Gasteiger charge is -2.47. The van der Waals surface area contributed by atoms with Crippen LogP contribution in [0.1, 0.15) is 49.9 Å². The van der Waals surface area contributed by atoms with E-state index in [4.69, 9.17) is 0 Å². The van der Waals surface area contributed by atoms with Gasteiger partial charge in [-0.05, 0) is 75.0 Å². The highest BCUT2D eigenvalue weighted by Crippen LogP contribution is 2.51. The van der Waals surface area contributed by atoms with Crippen LogP contribution in [0.2, 0.25) is 0 Å². The van der Waals surface area contributed by atoms with Crippen LogP contribution in [0, 0.1) is 0 Å². The zero-order valence-electron chi connectivity index (χ0n) is 29.7. The molecule has 0 fully saturated rings. The molecule has 3 heteroatoms. The molecule has 0 N–H and O–H groups in total. The molecule has 2 heterocycles. The van der Waals surface area contributed by atoms with Gasteiger partial charge in [-0.15, -0.1) is 0 Å². The van der Waals surface area contributed by atoms with E-state index in [1.807, 2.05) is 0 Å². The molecule has 7 aromatic rings. The van der Waals surface area contributed by atoms with Gasteiger partial charge in [0.05, 0.1) is 5.69 Å². The summed E-state index contributed by atoms with van der Waals surface area (Å²) in [5.74, 6) is 0. The number of fused-ring (bicyclic) bond motifs is 4. The van der Waals surface area contributed by atoms with Gasteiger partial charge >= 0.3 is 0 Å². The Labute approximate surface area is 302 Å². The highest BCUT2D eigenvalue weighted by atomic mass is 15.2. The molecule has 0 amide bonds. The highest BCUT2D eigenvalue weighted by molar-refractivity contribution is 7.00. The molecule has 2 aliphatic heterocycles. The Morgan fingerprint density at radius 3 is 1.41 bits per heavy atom. The first-order valence-electron chi connectivity index (χ1n) is 18.1. The summed E-state index contributed by atoms with van der Waals surface area (Å²) in [6, 6.07) is 64.8. The Morgan fingerprint density at radius 2 is 0.824 bits per heavy atom. The van der Waals surface area contributed by atoms with Crippen LogP contribution in [0.3, 0.4) is 0 Å². The minimum atomic E-state index is -0.293. The number of nitrogens with zero attached hydrogens (tertiary/aromatic N) is 2. The fraction of sp³-hybridized carbons (Fsp3) is 0.125. The molecule has 246 valence electrons. The largest absolute Gasteiger partial charge is 0.311 e. The summed E-state index contributed by atoms with van der Waals surface area (Å²) in [5, 5.41) is 0. The molecular formula is C48H41BN2. The smallest absolute Gasteiger partial charge is 0.252 e. The molecule has 0 saturated heterocycles. The van der Waals surface area contributed by atoms with Gasteiger partial charge in [0.2, 0.25) is 0 Å². The standard InChI is InChI=1S/C48H41BN2/c1-47(2,34-20-8-5-9-21-34)37-26-14-17-29-41(37)51-43-31-19-16-28-40(43)49-39-27-15-18-30-42(39)50(36-24-12-7-13-25-36)44-33-32-38(46(51)45(44)49)48(3,4)35-22-10-6-11-23-35/h5-33H,1-4H3. The number of para-hydroxylation sites is 4. The number of hydrogen-bond donors (Lipinski definition) is 0. The van der Waals surface area contributed by atoms with Crippen molar-refractivity contribution in [1.82, 2.24) is 0 Å². The first kappa shape index (κ1) is 31.2. The maximum Gasteiger partial charge on any atom is 0.252 e. The second kappa shape index (κ2) is 11.9. The molecule has 0 aliphatic carbocycles. The van der Waals surface area contributed by atoms with Gasteiger partial charge in [0.15, 0.2) is 0 Å². The van der Waals surface area contributed by atoms with E-state index in [-0.39, 0.29) is 17.5 Å². The monoisotopic (exact) mass is 656 g/mol. The van der Waals surface area contributed by atoms with Gasteiger partial charge < -0.3 is 9.80 Å². The average Bonchev–Trinajstić information content (AvgIpc) is 3.18. The molecule has 0 radical (unpaired) electrons. The Hall–Kier alpha value is -5.80. The van der Waals surface area contributed by atoms with Crippen molar-refractivity contribution in [3.8, 4) is 0 Å². The molecule has 0 aromatic heterocycles. The van der Waals surface area contributed by atoms with Crippen LogP contribution in [0.5, 0.6) is 0 Å². The van der Waals surface area contributed by atoms with Gasteiger partial charge in [0, 0.05) is 39.3 Å². The van der Waals surface area contributed by atoms with E-state index in [9.17, 15) is 0 Å². The number of hydrogen-bond acceptors (Lipinski definition) is 2. The Morgan fingerprint density at radius 1 is 0.373 bits per heavy atom. The van der Waals surface area contributed by atoms with Gasteiger partial charge in [0.25, 0.3) is 6.71 Å². The van der Waals surface area contributed by atoms with Gasteiger partial charge in [-0.3, -0.25) is 0 Å². The van der Waals surface area contributed by atoms with Gasteiger partial charge in [0.1, 0.15) is 0 Å². The molecule has 9 rings (SSSR count). The van der Waals surface area contributed by atoms with Gasteiger partial charge in [-0.2, -0.15) is 0 Å². The summed E-state index contributed by atoms with van der Waals surface area (Å²) in [4.78, 5) is 5.09. The minimum absolute atomic E-state index is 0.0689. The van der Waals surface area contributed by atoms with E-state index in [0.717, 1.165) is 5.69 Å². The van der Waals surface area contributed by atoms with Gasteiger partial charge in [-0.25, -0.2) is 0 Å². The molecule has 0 bridgehead atoms. The van der Waals surface area contributed by atoms with Gasteiger partial charge in [-0.1, -0.05) is 167 Å². The third-order valence-electron chi connectivity index (χ3n) is 11.4. The first-order valence-corrected chi connectivity index (χ1v) is 18.1. The molecular weight excluding hydrogens is 615 g/mol. The zero-order valence-corrected chi connectivity index (χ0v) is 29.7. The van der Waals surface area contributed by atoms with Crippen LogP contribution in [0.25, 0.3) is 0 Å². The summed E-state index contributed by atoms with van der Waals surface area (Å²) in [7, 11) is 0. The van der Waals surface area contributed by atoms with Crippen molar-refractivity contribution >= 4 is 57.2 Å². The fourth-order valence-corrected chi connectivity index (χ4v) is 8.74. The Bertz CT molecular complexity index is 2380. The lowest BCUT2D eigenvalue weighted by Crippen LogP contribution is -2.62. The fourth-order valence-electron chi connectivity index (χ4n) is 8.74. The quantitative estimate of drug-likeness (QED) is 0.164. The Balaban J connectivity index is 1.41. The van der Waals surface area contributed by atoms with Crippen molar-refractivity contribution in [3.05, 3.63) is 198 Å². The van der Waals surface area contributed by atoms with Crippen LogP contribution in [0.4, 0.5) is 34.1 Å². The molecule has 0 spiro atoms. The van der Waals surface area contributed by atoms with Crippen LogP contribution in [-0.2, 0) is 10.8 Å². The molecule has 0 atom stereocenters. The van der Waals surface area contributed by atoms with Crippen molar-refractivity contribution in [3.63, 3.8) is 0 Å². The minimum Gasteiger partial charge on any atom is -0.311 e. The topological polar surface area (TPSA) is 6.48 Å². The predicted molar refractivity (Wildman–Crippen MR) is 218 cm³/mol. The molecule has 51 heavy (non-hydrogen) atoms. The lowest BCUT2D eigenvalue weighted by atomic mass is 9.33. The SMILES string of the molecule is CC(C)(c1ccccc1)c1ccccc1N1c2ccccc2B2c3ccccc3N(c3ccccc3)c3ccc(C(C)(C)c4ccccc4)c1c32.